The molecule has 0 bridgehead atoms. The molecule has 0 saturated carbocycles. The minimum atomic E-state index is 0.375. The van der Waals surface area contributed by atoms with Gasteiger partial charge in [-0.15, -0.1) is 0 Å². The van der Waals surface area contributed by atoms with E-state index in [1.807, 2.05) is 0 Å². The molecule has 1 N–H and O–H groups in total. The molecule has 0 spiro atoms. The maximum Gasteiger partial charge on any atom is 0.111 e. The van der Waals surface area contributed by atoms with Gasteiger partial charge >= 0.3 is 0 Å². The number of imidazole rings is 1. The number of benzene rings is 1. The molecule has 4 nitrogen and oxygen atoms in total. The zero-order chi connectivity index (χ0) is 13.9. The number of fused-ring (bicyclic) bond motifs is 1. The van der Waals surface area contributed by atoms with Crippen molar-refractivity contribution >= 4 is 27.0 Å². The highest BCUT2D eigenvalue weighted by Gasteiger charge is 2.18. The summed E-state index contributed by atoms with van der Waals surface area (Å²) >= 11 is 3.52. The van der Waals surface area contributed by atoms with Crippen LogP contribution in [0, 0.1) is 0 Å². The molecule has 0 amide bonds. The number of morpholine rings is 1. The predicted molar refractivity (Wildman–Crippen MR) is 84.0 cm³/mol. The van der Waals surface area contributed by atoms with E-state index in [-0.39, 0.29) is 0 Å². The van der Waals surface area contributed by atoms with Crippen LogP contribution in [0.1, 0.15) is 19.2 Å². The van der Waals surface area contributed by atoms with Crippen LogP contribution in [0.2, 0.25) is 0 Å². The Kier molecular flexibility index (Phi) is 4.38. The molecule has 1 fully saturated rings. The summed E-state index contributed by atoms with van der Waals surface area (Å²) < 4.78 is 8.97. The van der Waals surface area contributed by atoms with Gasteiger partial charge in [-0.1, -0.05) is 22.9 Å². The molecule has 1 unspecified atom stereocenters. The van der Waals surface area contributed by atoms with Crippen molar-refractivity contribution in [1.29, 1.82) is 0 Å². The summed E-state index contributed by atoms with van der Waals surface area (Å²) in [6, 6.07) is 6.70. The molecule has 108 valence electrons. The van der Waals surface area contributed by atoms with E-state index in [1.54, 1.807) is 0 Å². The van der Waals surface area contributed by atoms with Gasteiger partial charge in [-0.2, -0.15) is 0 Å². The van der Waals surface area contributed by atoms with E-state index in [0.717, 1.165) is 55.0 Å². The second-order valence-electron chi connectivity index (χ2n) is 5.24. The molecule has 1 aromatic heterocycles. The fourth-order valence-electron chi connectivity index (χ4n) is 2.75. The first-order valence-corrected chi connectivity index (χ1v) is 8.03. The number of hydrogen-bond donors (Lipinski definition) is 1. The van der Waals surface area contributed by atoms with Crippen molar-refractivity contribution in [3.8, 4) is 0 Å². The molecule has 0 aliphatic carbocycles. The van der Waals surface area contributed by atoms with Crippen molar-refractivity contribution in [2.24, 2.45) is 0 Å². The number of nitrogens with one attached hydrogen (secondary N) is 1. The van der Waals surface area contributed by atoms with Crippen LogP contribution < -0.4 is 5.32 Å². The molecule has 1 aliphatic rings. The van der Waals surface area contributed by atoms with Gasteiger partial charge in [-0.05, 0) is 24.6 Å². The molecule has 20 heavy (non-hydrogen) atoms. The normalized spacial score (nSPS) is 19.6. The molecule has 1 atom stereocenters. The molecular weight excluding hydrogens is 318 g/mol. The lowest BCUT2D eigenvalue weighted by Gasteiger charge is -2.23. The Morgan fingerprint density at radius 2 is 2.40 bits per heavy atom. The van der Waals surface area contributed by atoms with Gasteiger partial charge in [-0.25, -0.2) is 4.98 Å². The summed E-state index contributed by atoms with van der Waals surface area (Å²) in [4.78, 5) is 4.82. The average molecular weight is 338 g/mol. The van der Waals surface area contributed by atoms with Crippen molar-refractivity contribution in [1.82, 2.24) is 14.9 Å². The Morgan fingerprint density at radius 3 is 3.15 bits per heavy atom. The third-order valence-corrected chi connectivity index (χ3v) is 4.16. The predicted octanol–water partition coefficient (Wildman–Crippen LogP) is 2.74. The van der Waals surface area contributed by atoms with Gasteiger partial charge in [-0.3, -0.25) is 0 Å². The Morgan fingerprint density at radius 1 is 1.50 bits per heavy atom. The van der Waals surface area contributed by atoms with Crippen LogP contribution in [0.4, 0.5) is 0 Å². The Labute approximate surface area is 127 Å². The third-order valence-electron chi connectivity index (χ3n) is 3.66. The number of nitrogens with zero attached hydrogens (tertiary/aromatic N) is 2. The maximum absolute atomic E-state index is 5.54. The van der Waals surface area contributed by atoms with E-state index in [1.165, 1.54) is 5.52 Å². The van der Waals surface area contributed by atoms with Gasteiger partial charge in [0.05, 0.1) is 24.2 Å². The fraction of sp³-hybridized carbons (Fsp3) is 0.533. The topological polar surface area (TPSA) is 39.1 Å². The molecule has 2 heterocycles. The lowest BCUT2D eigenvalue weighted by atomic mass is 10.2. The van der Waals surface area contributed by atoms with Crippen LogP contribution in [0.25, 0.3) is 11.0 Å². The number of rotatable bonds is 4. The smallest absolute Gasteiger partial charge is 0.111 e. The van der Waals surface area contributed by atoms with Crippen LogP contribution in [-0.4, -0.2) is 35.4 Å². The second kappa shape index (κ2) is 6.24. The zero-order valence-electron chi connectivity index (χ0n) is 11.7. The minimum Gasteiger partial charge on any atom is -0.379 e. The van der Waals surface area contributed by atoms with E-state index in [4.69, 9.17) is 9.72 Å². The van der Waals surface area contributed by atoms with Gasteiger partial charge in [0.2, 0.25) is 0 Å². The van der Waals surface area contributed by atoms with Crippen LogP contribution in [0.5, 0.6) is 0 Å². The fourth-order valence-corrected chi connectivity index (χ4v) is 3.10. The van der Waals surface area contributed by atoms with E-state index < -0.39 is 0 Å². The van der Waals surface area contributed by atoms with Gasteiger partial charge < -0.3 is 14.6 Å². The largest absolute Gasteiger partial charge is 0.379 e. The first kappa shape index (κ1) is 14.0. The first-order chi connectivity index (χ1) is 9.78. The molecule has 2 aromatic rings. The summed E-state index contributed by atoms with van der Waals surface area (Å²) in [5.74, 6) is 1.16. The van der Waals surface area contributed by atoms with Gasteiger partial charge in [0, 0.05) is 30.0 Å². The third kappa shape index (κ3) is 2.90. The minimum absolute atomic E-state index is 0.375. The summed E-state index contributed by atoms with van der Waals surface area (Å²) in [7, 11) is 0. The van der Waals surface area contributed by atoms with Gasteiger partial charge in [0.1, 0.15) is 5.82 Å². The number of halogens is 1. The molecule has 1 aromatic carbocycles. The van der Waals surface area contributed by atoms with Gasteiger partial charge in [0.15, 0.2) is 0 Å². The molecule has 1 saturated heterocycles. The Bertz CT molecular complexity index is 590. The van der Waals surface area contributed by atoms with Crippen molar-refractivity contribution in [2.45, 2.75) is 32.4 Å². The van der Waals surface area contributed by atoms with Crippen LogP contribution in [0.15, 0.2) is 22.7 Å². The van der Waals surface area contributed by atoms with E-state index in [9.17, 15) is 0 Å². The summed E-state index contributed by atoms with van der Waals surface area (Å²) in [5.41, 5.74) is 2.29. The van der Waals surface area contributed by atoms with Gasteiger partial charge in [0.25, 0.3) is 0 Å². The maximum atomic E-state index is 5.54. The highest BCUT2D eigenvalue weighted by molar-refractivity contribution is 9.10. The van der Waals surface area contributed by atoms with Crippen LogP contribution in [0.3, 0.4) is 0 Å². The van der Waals surface area contributed by atoms with E-state index in [0.29, 0.717) is 6.04 Å². The van der Waals surface area contributed by atoms with Crippen molar-refractivity contribution in [2.75, 3.05) is 19.8 Å². The molecule has 5 heteroatoms. The number of ether oxygens (including phenoxy) is 1. The summed E-state index contributed by atoms with van der Waals surface area (Å²) in [6.07, 6.45) is 2.04. The van der Waals surface area contributed by atoms with Crippen LogP contribution >= 0.6 is 15.9 Å². The molecule has 0 radical (unpaired) electrons. The second-order valence-corrected chi connectivity index (χ2v) is 6.16. The summed E-state index contributed by atoms with van der Waals surface area (Å²) in [6.45, 7) is 5.75. The quantitative estimate of drug-likeness (QED) is 0.932. The Balaban J connectivity index is 1.93. The van der Waals surface area contributed by atoms with Crippen molar-refractivity contribution in [3.63, 3.8) is 0 Å². The molecule has 3 rings (SSSR count). The summed E-state index contributed by atoms with van der Waals surface area (Å²) in [5, 5.41) is 3.51. The zero-order valence-corrected chi connectivity index (χ0v) is 13.3. The SMILES string of the molecule is CCCn1c(CC2COCCN2)nc2cc(Br)ccc21. The van der Waals surface area contributed by atoms with Crippen molar-refractivity contribution < 1.29 is 4.74 Å². The first-order valence-electron chi connectivity index (χ1n) is 7.23. The van der Waals surface area contributed by atoms with E-state index in [2.05, 4.69) is 50.9 Å². The Hall–Kier alpha value is -0.910. The lowest BCUT2D eigenvalue weighted by Crippen LogP contribution is -2.43. The highest BCUT2D eigenvalue weighted by Crippen LogP contribution is 2.22. The lowest BCUT2D eigenvalue weighted by molar-refractivity contribution is 0.0761. The average Bonchev–Trinajstić information content (AvgIpc) is 2.77. The molecule has 1 aliphatic heterocycles. The van der Waals surface area contributed by atoms with E-state index >= 15 is 0 Å². The highest BCUT2D eigenvalue weighted by atomic mass is 79.9. The number of hydrogen-bond acceptors (Lipinski definition) is 3. The number of aryl methyl sites for hydroxylation is 1. The van der Waals surface area contributed by atoms with Crippen molar-refractivity contribution in [3.05, 3.63) is 28.5 Å². The number of aromatic nitrogens is 2. The standard InChI is InChI=1S/C15H20BrN3O/c1-2-6-19-14-4-3-11(16)8-13(14)18-15(19)9-12-10-20-7-5-17-12/h3-4,8,12,17H,2,5-7,9-10H2,1H3. The molecular formula is C15H20BrN3O. The monoisotopic (exact) mass is 337 g/mol. The van der Waals surface area contributed by atoms with Crippen LogP contribution in [-0.2, 0) is 17.7 Å².